The van der Waals surface area contributed by atoms with Gasteiger partial charge in [0.25, 0.3) is 0 Å². The van der Waals surface area contributed by atoms with E-state index < -0.39 is 5.82 Å². The van der Waals surface area contributed by atoms with Crippen molar-refractivity contribution in [1.82, 2.24) is 14.9 Å². The average molecular weight is 415 g/mol. The number of anilines is 2. The van der Waals surface area contributed by atoms with Crippen molar-refractivity contribution >= 4 is 34.0 Å². The first-order valence-corrected chi connectivity index (χ1v) is 10.1. The van der Waals surface area contributed by atoms with E-state index in [1.807, 2.05) is 12.1 Å². The van der Waals surface area contributed by atoms with E-state index in [0.717, 1.165) is 35.3 Å². The monoisotopic (exact) mass is 414 g/mol. The molecule has 2 heterocycles. The summed E-state index contributed by atoms with van der Waals surface area (Å²) in [6.07, 6.45) is 2.65. The molecule has 1 aliphatic heterocycles. The zero-order valence-corrected chi connectivity index (χ0v) is 17.5. The summed E-state index contributed by atoms with van der Waals surface area (Å²) in [5.41, 5.74) is 2.07. The molecule has 1 N–H and O–H groups in total. The first-order valence-electron chi connectivity index (χ1n) is 9.74. The van der Waals surface area contributed by atoms with Crippen molar-refractivity contribution in [1.29, 1.82) is 0 Å². The van der Waals surface area contributed by atoms with Gasteiger partial charge >= 0.3 is 0 Å². The van der Waals surface area contributed by atoms with E-state index in [-0.39, 0.29) is 10.7 Å². The summed E-state index contributed by atoms with van der Waals surface area (Å²) in [6.45, 7) is 6.40. The van der Waals surface area contributed by atoms with E-state index in [4.69, 9.17) is 16.3 Å². The van der Waals surface area contributed by atoms with Gasteiger partial charge in [-0.2, -0.15) is 0 Å². The molecule has 0 aliphatic carbocycles. The van der Waals surface area contributed by atoms with Gasteiger partial charge < -0.3 is 10.1 Å². The highest BCUT2D eigenvalue weighted by Crippen LogP contribution is 2.33. The maximum atomic E-state index is 14.4. The molecule has 7 heteroatoms. The molecule has 1 aliphatic rings. The number of benzene rings is 2. The molecule has 1 unspecified atom stereocenters. The number of nitrogens with zero attached hydrogens (tertiary/aromatic N) is 3. The first kappa shape index (κ1) is 19.9. The van der Waals surface area contributed by atoms with Crippen LogP contribution in [0.4, 0.5) is 15.9 Å². The van der Waals surface area contributed by atoms with Gasteiger partial charge in [0.05, 0.1) is 23.3 Å². The second kappa shape index (κ2) is 8.13. The zero-order chi connectivity index (χ0) is 20.5. The molecule has 1 aromatic heterocycles. The van der Waals surface area contributed by atoms with E-state index in [1.54, 1.807) is 19.2 Å². The molecule has 1 saturated heterocycles. The standard InChI is InChI=1S/C22H24ClFN4O/c1-13-7-8-28(14(13)2)11-15-9-16-19(10-20(15)29-3)25-12-26-22(16)27-18-6-4-5-17(23)21(18)24/h4-6,9-10,12-14H,7-8,11H2,1-3H3,(H,25,26,27)/t13-,14?/m0/s1. The van der Waals surface area contributed by atoms with Crippen LogP contribution < -0.4 is 10.1 Å². The van der Waals surface area contributed by atoms with Crippen LogP contribution in [-0.4, -0.2) is 34.6 Å². The summed E-state index contributed by atoms with van der Waals surface area (Å²) >= 11 is 5.91. The molecule has 0 saturated carbocycles. The Bertz CT molecular complexity index is 1040. The van der Waals surface area contributed by atoms with Crippen LogP contribution in [0.5, 0.6) is 5.75 Å². The van der Waals surface area contributed by atoms with Gasteiger partial charge in [0.1, 0.15) is 17.9 Å². The Balaban J connectivity index is 1.74. The summed E-state index contributed by atoms with van der Waals surface area (Å²) in [4.78, 5) is 11.2. The predicted octanol–water partition coefficient (Wildman–Crippen LogP) is 5.40. The Morgan fingerprint density at radius 1 is 1.28 bits per heavy atom. The number of hydrogen-bond donors (Lipinski definition) is 1. The van der Waals surface area contributed by atoms with Crippen LogP contribution in [0.1, 0.15) is 25.8 Å². The molecule has 3 aromatic rings. The number of fused-ring (bicyclic) bond motifs is 1. The van der Waals surface area contributed by atoms with Crippen molar-refractivity contribution in [3.63, 3.8) is 0 Å². The Kier molecular flexibility index (Phi) is 5.56. The third-order valence-corrected chi connectivity index (χ3v) is 6.18. The molecule has 0 amide bonds. The summed E-state index contributed by atoms with van der Waals surface area (Å²) < 4.78 is 20.0. The van der Waals surface area contributed by atoms with Crippen molar-refractivity contribution in [2.45, 2.75) is 32.9 Å². The fraction of sp³-hybridized carbons (Fsp3) is 0.364. The third-order valence-electron chi connectivity index (χ3n) is 5.89. The van der Waals surface area contributed by atoms with Gasteiger partial charge in [0.15, 0.2) is 5.82 Å². The van der Waals surface area contributed by atoms with Gasteiger partial charge in [-0.25, -0.2) is 14.4 Å². The third kappa shape index (κ3) is 3.87. The van der Waals surface area contributed by atoms with Crippen LogP contribution in [0.2, 0.25) is 5.02 Å². The van der Waals surface area contributed by atoms with E-state index in [1.165, 1.54) is 18.8 Å². The van der Waals surface area contributed by atoms with Crippen LogP contribution in [0.3, 0.4) is 0 Å². The van der Waals surface area contributed by atoms with Crippen LogP contribution in [0, 0.1) is 11.7 Å². The van der Waals surface area contributed by atoms with Crippen LogP contribution in [0.15, 0.2) is 36.7 Å². The molecule has 29 heavy (non-hydrogen) atoms. The quantitative estimate of drug-likeness (QED) is 0.605. The van der Waals surface area contributed by atoms with Gasteiger partial charge in [0.2, 0.25) is 0 Å². The second-order valence-corrected chi connectivity index (χ2v) is 8.01. The van der Waals surface area contributed by atoms with Crippen molar-refractivity contribution < 1.29 is 9.13 Å². The molecule has 4 rings (SSSR count). The minimum Gasteiger partial charge on any atom is -0.496 e. The lowest BCUT2D eigenvalue weighted by Gasteiger charge is -2.24. The minimum atomic E-state index is -0.505. The number of aromatic nitrogens is 2. The number of halogens is 2. The topological polar surface area (TPSA) is 50.3 Å². The number of nitrogens with one attached hydrogen (secondary N) is 1. The number of methoxy groups -OCH3 is 1. The Morgan fingerprint density at radius 2 is 2.10 bits per heavy atom. The van der Waals surface area contributed by atoms with Gasteiger partial charge in [0, 0.05) is 29.6 Å². The van der Waals surface area contributed by atoms with Gasteiger partial charge in [-0.15, -0.1) is 0 Å². The summed E-state index contributed by atoms with van der Waals surface area (Å²) in [5.74, 6) is 1.49. The smallest absolute Gasteiger partial charge is 0.165 e. The fourth-order valence-electron chi connectivity index (χ4n) is 3.89. The molecule has 5 nitrogen and oxygen atoms in total. The van der Waals surface area contributed by atoms with Gasteiger partial charge in [-0.05, 0) is 44.0 Å². The number of ether oxygens (including phenoxy) is 1. The number of likely N-dealkylation sites (tertiary alicyclic amines) is 1. The van der Waals surface area contributed by atoms with E-state index >= 15 is 0 Å². The fourth-order valence-corrected chi connectivity index (χ4v) is 4.06. The number of hydrogen-bond acceptors (Lipinski definition) is 5. The Labute approximate surface area is 174 Å². The average Bonchev–Trinajstić information content (AvgIpc) is 3.03. The molecule has 2 aromatic carbocycles. The maximum Gasteiger partial charge on any atom is 0.165 e. The van der Waals surface area contributed by atoms with Crippen LogP contribution in [-0.2, 0) is 6.54 Å². The van der Waals surface area contributed by atoms with Crippen molar-refractivity contribution in [3.8, 4) is 5.75 Å². The first-order chi connectivity index (χ1) is 14.0. The summed E-state index contributed by atoms with van der Waals surface area (Å²) in [5, 5.41) is 3.94. The lowest BCUT2D eigenvalue weighted by Crippen LogP contribution is -2.28. The van der Waals surface area contributed by atoms with Gasteiger partial charge in [-0.3, -0.25) is 4.90 Å². The lowest BCUT2D eigenvalue weighted by atomic mass is 10.0. The zero-order valence-electron chi connectivity index (χ0n) is 16.7. The van der Waals surface area contributed by atoms with E-state index in [9.17, 15) is 4.39 Å². The normalized spacial score (nSPS) is 19.6. The molecular weight excluding hydrogens is 391 g/mol. The maximum absolute atomic E-state index is 14.4. The second-order valence-electron chi connectivity index (χ2n) is 7.61. The highest BCUT2D eigenvalue weighted by atomic mass is 35.5. The van der Waals surface area contributed by atoms with Crippen molar-refractivity contribution in [3.05, 3.63) is 53.1 Å². The molecule has 2 atom stereocenters. The highest BCUT2D eigenvalue weighted by molar-refractivity contribution is 6.31. The molecule has 0 radical (unpaired) electrons. The van der Waals surface area contributed by atoms with Crippen LogP contribution >= 0.6 is 11.6 Å². The SMILES string of the molecule is COc1cc2ncnc(Nc3cccc(Cl)c3F)c2cc1CN1CC[C@H](C)C1C. The molecular formula is C22H24ClFN4O. The minimum absolute atomic E-state index is 0.0628. The van der Waals surface area contributed by atoms with E-state index in [0.29, 0.717) is 17.8 Å². The molecule has 1 fully saturated rings. The Hall–Kier alpha value is -2.44. The molecule has 0 spiro atoms. The number of rotatable bonds is 5. The summed E-state index contributed by atoms with van der Waals surface area (Å²) in [7, 11) is 1.67. The molecule has 152 valence electrons. The van der Waals surface area contributed by atoms with Crippen LogP contribution in [0.25, 0.3) is 10.9 Å². The molecule has 0 bridgehead atoms. The summed E-state index contributed by atoms with van der Waals surface area (Å²) in [6, 6.07) is 9.31. The Morgan fingerprint density at radius 3 is 2.83 bits per heavy atom. The predicted molar refractivity (Wildman–Crippen MR) is 114 cm³/mol. The lowest BCUT2D eigenvalue weighted by molar-refractivity contribution is 0.236. The van der Waals surface area contributed by atoms with Crippen molar-refractivity contribution in [2.24, 2.45) is 5.92 Å². The van der Waals surface area contributed by atoms with Gasteiger partial charge in [-0.1, -0.05) is 24.6 Å². The highest BCUT2D eigenvalue weighted by Gasteiger charge is 2.28. The largest absolute Gasteiger partial charge is 0.496 e. The van der Waals surface area contributed by atoms with E-state index in [2.05, 4.69) is 34.0 Å². The van der Waals surface area contributed by atoms with Crippen molar-refractivity contribution in [2.75, 3.05) is 19.0 Å².